The van der Waals surface area contributed by atoms with Crippen LogP contribution in [0.4, 0.5) is 0 Å². The molecule has 120 valence electrons. The SMILES string of the molecule is [N-]=[N+]=NCCO[C@H]1C(O)[C@@H](CO)O[C@H]1n1ccc(=O)[nH]c1=O. The number of azide groups is 1. The van der Waals surface area contributed by atoms with Crippen molar-refractivity contribution in [1.29, 1.82) is 0 Å². The van der Waals surface area contributed by atoms with Crippen LogP contribution in [0.3, 0.4) is 0 Å². The molecule has 1 saturated heterocycles. The Balaban J connectivity index is 2.23. The van der Waals surface area contributed by atoms with E-state index in [1.54, 1.807) is 0 Å². The van der Waals surface area contributed by atoms with Crippen molar-refractivity contribution in [2.24, 2.45) is 5.11 Å². The molecule has 1 unspecified atom stereocenters. The Labute approximate surface area is 123 Å². The zero-order valence-corrected chi connectivity index (χ0v) is 11.4. The van der Waals surface area contributed by atoms with Crippen LogP contribution in [0, 0.1) is 0 Å². The van der Waals surface area contributed by atoms with Crippen molar-refractivity contribution in [3.05, 3.63) is 43.5 Å². The van der Waals surface area contributed by atoms with E-state index in [1.807, 2.05) is 0 Å². The molecule has 1 aromatic heterocycles. The van der Waals surface area contributed by atoms with Gasteiger partial charge in [0, 0.05) is 23.7 Å². The molecule has 0 bridgehead atoms. The summed E-state index contributed by atoms with van der Waals surface area (Å²) in [5.74, 6) is 0. The number of nitrogens with zero attached hydrogens (tertiary/aromatic N) is 4. The van der Waals surface area contributed by atoms with E-state index in [-0.39, 0.29) is 13.2 Å². The smallest absolute Gasteiger partial charge is 0.330 e. The Bertz CT molecular complexity index is 665. The number of H-pyrrole nitrogens is 1. The highest BCUT2D eigenvalue weighted by Gasteiger charge is 2.45. The molecule has 2 rings (SSSR count). The summed E-state index contributed by atoms with van der Waals surface area (Å²) in [5.41, 5.74) is 6.90. The summed E-state index contributed by atoms with van der Waals surface area (Å²) in [5, 5.41) is 22.6. The fourth-order valence-electron chi connectivity index (χ4n) is 2.18. The lowest BCUT2D eigenvalue weighted by atomic mass is 10.1. The van der Waals surface area contributed by atoms with Gasteiger partial charge < -0.3 is 19.7 Å². The van der Waals surface area contributed by atoms with Crippen molar-refractivity contribution in [2.75, 3.05) is 19.8 Å². The van der Waals surface area contributed by atoms with Crippen molar-refractivity contribution in [3.8, 4) is 0 Å². The highest BCUT2D eigenvalue weighted by Crippen LogP contribution is 2.30. The average molecular weight is 313 g/mol. The van der Waals surface area contributed by atoms with E-state index >= 15 is 0 Å². The average Bonchev–Trinajstić information content (AvgIpc) is 2.80. The predicted molar refractivity (Wildman–Crippen MR) is 72.1 cm³/mol. The van der Waals surface area contributed by atoms with Gasteiger partial charge >= 0.3 is 5.69 Å². The molecule has 0 saturated carbocycles. The maximum absolute atomic E-state index is 11.8. The summed E-state index contributed by atoms with van der Waals surface area (Å²) in [6.07, 6.45) is -2.90. The first-order valence-corrected chi connectivity index (χ1v) is 6.46. The van der Waals surface area contributed by atoms with E-state index < -0.39 is 42.4 Å². The molecule has 1 aliphatic heterocycles. The highest BCUT2D eigenvalue weighted by atomic mass is 16.6. The van der Waals surface area contributed by atoms with Gasteiger partial charge in [-0.2, -0.15) is 0 Å². The molecule has 0 amide bonds. The summed E-state index contributed by atoms with van der Waals surface area (Å²) >= 11 is 0. The third-order valence-electron chi connectivity index (χ3n) is 3.18. The Hall–Kier alpha value is -2.17. The maximum atomic E-state index is 11.8. The van der Waals surface area contributed by atoms with Crippen LogP contribution in [0.5, 0.6) is 0 Å². The minimum Gasteiger partial charge on any atom is -0.394 e. The number of aliphatic hydroxyl groups is 2. The van der Waals surface area contributed by atoms with Crippen LogP contribution in [-0.4, -0.2) is 57.8 Å². The second kappa shape index (κ2) is 7.20. The molecular weight excluding hydrogens is 298 g/mol. The van der Waals surface area contributed by atoms with Gasteiger partial charge in [-0.15, -0.1) is 0 Å². The molecule has 4 atom stereocenters. The third-order valence-corrected chi connectivity index (χ3v) is 3.18. The van der Waals surface area contributed by atoms with Gasteiger partial charge in [-0.1, -0.05) is 5.11 Å². The van der Waals surface area contributed by atoms with Crippen molar-refractivity contribution >= 4 is 0 Å². The summed E-state index contributed by atoms with van der Waals surface area (Å²) in [7, 11) is 0. The first kappa shape index (κ1) is 16.2. The first-order chi connectivity index (χ1) is 10.6. The van der Waals surface area contributed by atoms with E-state index in [1.165, 1.54) is 6.20 Å². The minimum absolute atomic E-state index is 0.00188. The molecular formula is C11H15N5O6. The number of aromatic amines is 1. The normalized spacial score (nSPS) is 27.5. The van der Waals surface area contributed by atoms with Gasteiger partial charge in [0.25, 0.3) is 5.56 Å². The summed E-state index contributed by atoms with van der Waals surface area (Å²) in [6.45, 7) is -0.426. The van der Waals surface area contributed by atoms with Crippen LogP contribution in [0.25, 0.3) is 10.4 Å². The minimum atomic E-state index is -1.18. The van der Waals surface area contributed by atoms with Crippen LogP contribution >= 0.6 is 0 Å². The lowest BCUT2D eigenvalue weighted by molar-refractivity contribution is -0.0726. The third kappa shape index (κ3) is 3.35. The zero-order valence-electron chi connectivity index (χ0n) is 11.4. The lowest BCUT2D eigenvalue weighted by Crippen LogP contribution is -2.39. The van der Waals surface area contributed by atoms with Crippen LogP contribution in [0.2, 0.25) is 0 Å². The van der Waals surface area contributed by atoms with Crippen molar-refractivity contribution < 1.29 is 19.7 Å². The molecule has 1 aromatic rings. The van der Waals surface area contributed by atoms with E-state index in [4.69, 9.17) is 15.0 Å². The quantitative estimate of drug-likeness (QED) is 0.250. The zero-order chi connectivity index (χ0) is 16.1. The standard InChI is InChI=1S/C11H15N5O6/c12-15-13-2-4-21-9-8(19)6(5-17)22-10(9)16-3-1-7(18)14-11(16)20/h1,3,6,8-10,17,19H,2,4-5H2,(H,14,18,20)/t6-,8?,9+,10-/m1/s1. The van der Waals surface area contributed by atoms with Crippen molar-refractivity contribution in [2.45, 2.75) is 24.5 Å². The molecule has 0 spiro atoms. The molecule has 2 heterocycles. The summed E-state index contributed by atoms with van der Waals surface area (Å²) in [6, 6.07) is 1.13. The molecule has 11 heteroatoms. The number of hydrogen-bond acceptors (Lipinski definition) is 7. The number of ether oxygens (including phenoxy) is 2. The van der Waals surface area contributed by atoms with Gasteiger partial charge in [0.1, 0.15) is 18.3 Å². The maximum Gasteiger partial charge on any atom is 0.330 e. The molecule has 11 nitrogen and oxygen atoms in total. The number of hydrogen-bond donors (Lipinski definition) is 3. The fraction of sp³-hybridized carbons (Fsp3) is 0.636. The summed E-state index contributed by atoms with van der Waals surface area (Å²) in [4.78, 5) is 27.5. The molecule has 0 radical (unpaired) electrons. The molecule has 1 fully saturated rings. The van der Waals surface area contributed by atoms with E-state index in [2.05, 4.69) is 15.0 Å². The van der Waals surface area contributed by atoms with E-state index in [0.717, 1.165) is 10.6 Å². The number of aromatic nitrogens is 2. The van der Waals surface area contributed by atoms with Gasteiger partial charge in [0.05, 0.1) is 13.2 Å². The van der Waals surface area contributed by atoms with Crippen LogP contribution in [-0.2, 0) is 9.47 Å². The molecule has 22 heavy (non-hydrogen) atoms. The summed E-state index contributed by atoms with van der Waals surface area (Å²) < 4.78 is 11.9. The molecule has 3 N–H and O–H groups in total. The lowest BCUT2D eigenvalue weighted by Gasteiger charge is -2.21. The van der Waals surface area contributed by atoms with E-state index in [9.17, 15) is 19.8 Å². The second-order valence-electron chi connectivity index (χ2n) is 4.55. The highest BCUT2D eigenvalue weighted by molar-refractivity contribution is 4.94. The van der Waals surface area contributed by atoms with Crippen molar-refractivity contribution in [1.82, 2.24) is 9.55 Å². The first-order valence-electron chi connectivity index (χ1n) is 6.46. The Morgan fingerprint density at radius 2 is 2.32 bits per heavy atom. The second-order valence-corrected chi connectivity index (χ2v) is 4.55. The van der Waals surface area contributed by atoms with Crippen LogP contribution in [0.1, 0.15) is 6.23 Å². The predicted octanol–water partition coefficient (Wildman–Crippen LogP) is -1.52. The topological polar surface area (TPSA) is 163 Å². The van der Waals surface area contributed by atoms with Crippen LogP contribution in [0.15, 0.2) is 27.0 Å². The van der Waals surface area contributed by atoms with Crippen molar-refractivity contribution in [3.63, 3.8) is 0 Å². The number of aliphatic hydroxyl groups excluding tert-OH is 2. The monoisotopic (exact) mass is 313 g/mol. The number of nitrogens with one attached hydrogen (secondary N) is 1. The van der Waals surface area contributed by atoms with Gasteiger partial charge in [-0.25, -0.2) is 4.79 Å². The molecule has 0 aromatic carbocycles. The van der Waals surface area contributed by atoms with Gasteiger partial charge in [-0.05, 0) is 5.53 Å². The van der Waals surface area contributed by atoms with Gasteiger partial charge in [-0.3, -0.25) is 14.3 Å². The fourth-order valence-corrected chi connectivity index (χ4v) is 2.18. The largest absolute Gasteiger partial charge is 0.394 e. The van der Waals surface area contributed by atoms with Gasteiger partial charge in [0.2, 0.25) is 0 Å². The number of rotatable bonds is 6. The Morgan fingerprint density at radius 1 is 1.55 bits per heavy atom. The van der Waals surface area contributed by atoms with Gasteiger partial charge in [0.15, 0.2) is 6.23 Å². The Morgan fingerprint density at radius 3 is 2.95 bits per heavy atom. The van der Waals surface area contributed by atoms with E-state index in [0.29, 0.717) is 0 Å². The Kier molecular flexibility index (Phi) is 5.31. The molecule has 1 aliphatic rings. The molecule has 0 aliphatic carbocycles. The van der Waals surface area contributed by atoms with Crippen LogP contribution < -0.4 is 11.2 Å².